The van der Waals surface area contributed by atoms with Gasteiger partial charge in [0.2, 0.25) is 0 Å². The molecule has 3 heteroatoms. The number of rotatable bonds is 3. The molecule has 1 amide bonds. The Kier molecular flexibility index (Phi) is 2.54. The standard InChI is InChI=1S/C7H12NO2/c1-2-5-8-7(9)10-6-3-4-6/h6H,2-5H2,1H3. The topological polar surface area (TPSA) is 40.4 Å². The molecule has 0 aromatic carbocycles. The van der Waals surface area contributed by atoms with E-state index in [4.69, 9.17) is 4.74 Å². The average Bonchev–Trinajstić information content (AvgIpc) is 2.67. The highest BCUT2D eigenvalue weighted by Gasteiger charge is 2.25. The van der Waals surface area contributed by atoms with Crippen LogP contribution in [0.25, 0.3) is 0 Å². The molecule has 0 unspecified atom stereocenters. The van der Waals surface area contributed by atoms with Crippen LogP contribution in [0.5, 0.6) is 0 Å². The minimum atomic E-state index is -0.385. The third-order valence-electron chi connectivity index (χ3n) is 1.26. The van der Waals surface area contributed by atoms with E-state index in [0.717, 1.165) is 19.3 Å². The highest BCUT2D eigenvalue weighted by atomic mass is 16.6. The fourth-order valence-corrected chi connectivity index (χ4v) is 0.569. The molecule has 1 saturated carbocycles. The predicted octanol–water partition coefficient (Wildman–Crippen LogP) is 1.30. The van der Waals surface area contributed by atoms with Crippen molar-refractivity contribution in [3.8, 4) is 0 Å². The number of carbonyl (C=O) groups is 1. The fourth-order valence-electron chi connectivity index (χ4n) is 0.569. The molecule has 0 N–H and O–H groups in total. The molecule has 1 fully saturated rings. The van der Waals surface area contributed by atoms with Crippen LogP contribution in [0.3, 0.4) is 0 Å². The van der Waals surface area contributed by atoms with E-state index in [1.54, 1.807) is 0 Å². The average molecular weight is 142 g/mol. The molecule has 0 aliphatic heterocycles. The Bertz CT molecular complexity index is 121. The summed E-state index contributed by atoms with van der Waals surface area (Å²) in [5.41, 5.74) is 0. The Morgan fingerprint density at radius 3 is 2.90 bits per heavy atom. The first kappa shape index (κ1) is 7.38. The highest BCUT2D eigenvalue weighted by Crippen LogP contribution is 2.23. The highest BCUT2D eigenvalue weighted by molar-refractivity contribution is 5.67. The molecule has 3 nitrogen and oxygen atoms in total. The van der Waals surface area contributed by atoms with Crippen molar-refractivity contribution in [3.63, 3.8) is 0 Å². The normalized spacial score (nSPS) is 16.5. The van der Waals surface area contributed by atoms with Crippen LogP contribution in [0.15, 0.2) is 0 Å². The summed E-state index contributed by atoms with van der Waals surface area (Å²) in [5.74, 6) is 0. The van der Waals surface area contributed by atoms with Gasteiger partial charge < -0.3 is 4.74 Å². The van der Waals surface area contributed by atoms with Crippen molar-refractivity contribution in [2.24, 2.45) is 0 Å². The molecule has 57 valence electrons. The summed E-state index contributed by atoms with van der Waals surface area (Å²) in [7, 11) is 0. The molecule has 0 spiro atoms. The smallest absolute Gasteiger partial charge is 0.429 e. The number of hydrogen-bond acceptors (Lipinski definition) is 2. The molecule has 1 rings (SSSR count). The van der Waals surface area contributed by atoms with Gasteiger partial charge in [-0.1, -0.05) is 6.92 Å². The molecule has 0 bridgehead atoms. The lowest BCUT2D eigenvalue weighted by molar-refractivity contribution is 0.138. The van der Waals surface area contributed by atoms with Crippen molar-refractivity contribution in [1.29, 1.82) is 0 Å². The minimum absolute atomic E-state index is 0.188. The maximum Gasteiger partial charge on any atom is 0.429 e. The zero-order valence-corrected chi connectivity index (χ0v) is 6.17. The maximum atomic E-state index is 10.7. The zero-order valence-electron chi connectivity index (χ0n) is 6.17. The number of amides is 1. The molecule has 1 aliphatic carbocycles. The first-order valence-electron chi connectivity index (χ1n) is 3.71. The van der Waals surface area contributed by atoms with Gasteiger partial charge in [0, 0.05) is 6.54 Å². The van der Waals surface area contributed by atoms with Gasteiger partial charge in [-0.15, -0.1) is 0 Å². The van der Waals surface area contributed by atoms with Crippen LogP contribution in [0.4, 0.5) is 4.79 Å². The third-order valence-corrected chi connectivity index (χ3v) is 1.26. The Morgan fingerprint density at radius 1 is 1.70 bits per heavy atom. The molecule has 0 aromatic heterocycles. The van der Waals surface area contributed by atoms with Crippen LogP contribution in [-0.4, -0.2) is 18.7 Å². The number of nitrogens with zero attached hydrogens (tertiary/aromatic N) is 1. The second kappa shape index (κ2) is 3.44. The van der Waals surface area contributed by atoms with Crippen molar-refractivity contribution in [3.05, 3.63) is 0 Å². The summed E-state index contributed by atoms with van der Waals surface area (Å²) in [6, 6.07) is 0. The van der Waals surface area contributed by atoms with Crippen molar-refractivity contribution < 1.29 is 9.53 Å². The van der Waals surface area contributed by atoms with Gasteiger partial charge in [0.25, 0.3) is 0 Å². The summed E-state index contributed by atoms with van der Waals surface area (Å²) < 4.78 is 4.86. The molecule has 0 heterocycles. The second-order valence-corrected chi connectivity index (χ2v) is 2.46. The van der Waals surface area contributed by atoms with Crippen molar-refractivity contribution in [2.45, 2.75) is 32.3 Å². The zero-order chi connectivity index (χ0) is 7.40. The summed E-state index contributed by atoms with van der Waals surface area (Å²) in [6.45, 7) is 2.57. The van der Waals surface area contributed by atoms with E-state index in [9.17, 15) is 4.79 Å². The van der Waals surface area contributed by atoms with E-state index in [2.05, 4.69) is 5.32 Å². The lowest BCUT2D eigenvalue weighted by atomic mass is 10.5. The molecule has 0 atom stereocenters. The van der Waals surface area contributed by atoms with Crippen LogP contribution in [0.1, 0.15) is 26.2 Å². The summed E-state index contributed by atoms with van der Waals surface area (Å²) >= 11 is 0. The SMILES string of the molecule is CCC[N]C(=O)OC1CC1. The third kappa shape index (κ3) is 2.71. The molecule has 1 aliphatic rings. The Balaban J connectivity index is 1.97. The Labute approximate surface area is 60.7 Å². The van der Waals surface area contributed by atoms with E-state index in [-0.39, 0.29) is 12.2 Å². The largest absolute Gasteiger partial charge is 0.445 e. The number of ether oxygens (including phenoxy) is 1. The number of carbonyl (C=O) groups excluding carboxylic acids is 1. The predicted molar refractivity (Wildman–Crippen MR) is 36.8 cm³/mol. The van der Waals surface area contributed by atoms with E-state index in [0.29, 0.717) is 6.54 Å². The van der Waals surface area contributed by atoms with Crippen LogP contribution >= 0.6 is 0 Å². The Morgan fingerprint density at radius 2 is 2.40 bits per heavy atom. The molecule has 1 radical (unpaired) electrons. The van der Waals surface area contributed by atoms with Crippen LogP contribution in [0, 0.1) is 0 Å². The van der Waals surface area contributed by atoms with E-state index in [1.165, 1.54) is 0 Å². The van der Waals surface area contributed by atoms with Gasteiger partial charge in [0.05, 0.1) is 0 Å². The molecular weight excluding hydrogens is 130 g/mol. The monoisotopic (exact) mass is 142 g/mol. The maximum absolute atomic E-state index is 10.7. The van der Waals surface area contributed by atoms with E-state index < -0.39 is 0 Å². The number of hydrogen-bond donors (Lipinski definition) is 0. The quantitative estimate of drug-likeness (QED) is 0.595. The lowest BCUT2D eigenvalue weighted by Gasteiger charge is -1.99. The molecular formula is C7H12NO2. The van der Waals surface area contributed by atoms with E-state index in [1.807, 2.05) is 6.92 Å². The summed E-state index contributed by atoms with van der Waals surface area (Å²) in [4.78, 5) is 10.7. The van der Waals surface area contributed by atoms with Gasteiger partial charge >= 0.3 is 6.09 Å². The van der Waals surface area contributed by atoms with Gasteiger partial charge in [0.1, 0.15) is 6.10 Å². The van der Waals surface area contributed by atoms with E-state index >= 15 is 0 Å². The molecule has 10 heavy (non-hydrogen) atoms. The van der Waals surface area contributed by atoms with Gasteiger partial charge in [-0.25, -0.2) is 10.1 Å². The summed E-state index contributed by atoms with van der Waals surface area (Å²) in [6.07, 6.45) is 2.75. The van der Waals surface area contributed by atoms with Crippen LogP contribution in [-0.2, 0) is 4.74 Å². The van der Waals surface area contributed by atoms with Gasteiger partial charge in [0.15, 0.2) is 0 Å². The first-order chi connectivity index (χ1) is 4.83. The lowest BCUT2D eigenvalue weighted by Crippen LogP contribution is -2.18. The second-order valence-electron chi connectivity index (χ2n) is 2.46. The minimum Gasteiger partial charge on any atom is -0.445 e. The van der Waals surface area contributed by atoms with Crippen molar-refractivity contribution in [1.82, 2.24) is 5.32 Å². The van der Waals surface area contributed by atoms with Crippen LogP contribution in [0.2, 0.25) is 0 Å². The van der Waals surface area contributed by atoms with Crippen molar-refractivity contribution in [2.75, 3.05) is 6.54 Å². The fraction of sp³-hybridized carbons (Fsp3) is 0.857. The summed E-state index contributed by atoms with van der Waals surface area (Å²) in [5, 5.41) is 3.66. The van der Waals surface area contributed by atoms with Crippen molar-refractivity contribution >= 4 is 6.09 Å². The van der Waals surface area contributed by atoms with Gasteiger partial charge in [-0.3, -0.25) is 0 Å². The Hall–Kier alpha value is -0.730. The molecule has 0 saturated heterocycles. The van der Waals surface area contributed by atoms with Gasteiger partial charge in [-0.2, -0.15) is 0 Å². The van der Waals surface area contributed by atoms with Crippen LogP contribution < -0.4 is 5.32 Å². The van der Waals surface area contributed by atoms with Gasteiger partial charge in [-0.05, 0) is 19.3 Å². The molecule has 0 aromatic rings. The first-order valence-corrected chi connectivity index (χ1v) is 3.71.